The number of nitrogens with one attached hydrogen (secondary N) is 1. The number of aromatic nitrogens is 2. The Morgan fingerprint density at radius 1 is 1.21 bits per heavy atom. The predicted octanol–water partition coefficient (Wildman–Crippen LogP) is 3.51. The van der Waals surface area contributed by atoms with Gasteiger partial charge in [-0.2, -0.15) is 16.3 Å². The third kappa shape index (κ3) is 5.05. The van der Waals surface area contributed by atoms with Gasteiger partial charge >= 0.3 is 0 Å². The number of aryl methyl sites for hydroxylation is 1. The number of thiophene rings is 1. The zero-order chi connectivity index (χ0) is 19.2. The molecule has 0 aliphatic carbocycles. The van der Waals surface area contributed by atoms with Crippen LogP contribution in [0.25, 0.3) is 11.4 Å². The molecule has 2 aromatic heterocycles. The van der Waals surface area contributed by atoms with Gasteiger partial charge in [-0.3, -0.25) is 9.69 Å². The van der Waals surface area contributed by atoms with Crippen molar-refractivity contribution >= 4 is 17.2 Å². The van der Waals surface area contributed by atoms with Crippen molar-refractivity contribution in [2.75, 3.05) is 13.1 Å². The van der Waals surface area contributed by atoms with Gasteiger partial charge < -0.3 is 9.84 Å². The van der Waals surface area contributed by atoms with Gasteiger partial charge in [0.15, 0.2) is 0 Å². The molecule has 1 amide bonds. The van der Waals surface area contributed by atoms with E-state index in [4.69, 9.17) is 4.52 Å². The van der Waals surface area contributed by atoms with E-state index in [1.54, 1.807) is 11.3 Å². The highest BCUT2D eigenvalue weighted by Crippen LogP contribution is 2.20. The van der Waals surface area contributed by atoms with Gasteiger partial charge in [0.1, 0.15) is 0 Å². The molecule has 1 N–H and O–H groups in total. The molecule has 1 aromatic carbocycles. The van der Waals surface area contributed by atoms with E-state index in [1.807, 2.05) is 35.0 Å². The largest absolute Gasteiger partial charge is 0.353 e. The molecule has 0 unspecified atom stereocenters. The zero-order valence-corrected chi connectivity index (χ0v) is 16.5. The molecular formula is C21H24N4O2S. The summed E-state index contributed by atoms with van der Waals surface area (Å²) in [6, 6.07) is 12.4. The number of amides is 1. The van der Waals surface area contributed by atoms with Crippen molar-refractivity contribution in [1.29, 1.82) is 0 Å². The summed E-state index contributed by atoms with van der Waals surface area (Å²) in [6.07, 6.45) is 3.22. The standard InChI is InChI=1S/C21H24N4O2S/c26-19(7-6-16-4-2-1-3-5-16)22-18-8-11-25(12-9-18)14-20-23-21(24-27-20)17-10-13-28-15-17/h1-5,10,13,15,18H,6-9,11-12,14H2,(H,22,26). The van der Waals surface area contributed by atoms with Crippen molar-refractivity contribution in [3.05, 3.63) is 58.6 Å². The lowest BCUT2D eigenvalue weighted by atomic mass is 10.0. The number of hydrogen-bond donors (Lipinski definition) is 1. The highest BCUT2D eigenvalue weighted by molar-refractivity contribution is 7.08. The van der Waals surface area contributed by atoms with E-state index in [9.17, 15) is 4.79 Å². The van der Waals surface area contributed by atoms with Crippen LogP contribution in [0.4, 0.5) is 0 Å². The summed E-state index contributed by atoms with van der Waals surface area (Å²) in [5, 5.41) is 11.3. The summed E-state index contributed by atoms with van der Waals surface area (Å²) in [7, 11) is 0. The molecule has 146 valence electrons. The van der Waals surface area contributed by atoms with Gasteiger partial charge in [0, 0.05) is 36.5 Å². The van der Waals surface area contributed by atoms with Crippen LogP contribution in [-0.2, 0) is 17.8 Å². The third-order valence-electron chi connectivity index (χ3n) is 5.04. The van der Waals surface area contributed by atoms with Crippen molar-refractivity contribution in [1.82, 2.24) is 20.4 Å². The monoisotopic (exact) mass is 396 g/mol. The van der Waals surface area contributed by atoms with Gasteiger partial charge in [0.25, 0.3) is 0 Å². The number of carbonyl (C=O) groups is 1. The van der Waals surface area contributed by atoms with Gasteiger partial charge in [-0.1, -0.05) is 35.5 Å². The molecule has 1 fully saturated rings. The minimum Gasteiger partial charge on any atom is -0.353 e. The van der Waals surface area contributed by atoms with Gasteiger partial charge in [0.05, 0.1) is 6.54 Å². The van der Waals surface area contributed by atoms with E-state index in [-0.39, 0.29) is 11.9 Å². The Morgan fingerprint density at radius 2 is 2.04 bits per heavy atom. The topological polar surface area (TPSA) is 71.3 Å². The predicted molar refractivity (Wildman–Crippen MR) is 109 cm³/mol. The normalized spacial score (nSPS) is 15.6. The second kappa shape index (κ2) is 9.12. The van der Waals surface area contributed by atoms with Crippen LogP contribution in [0, 0.1) is 0 Å². The molecule has 0 atom stereocenters. The van der Waals surface area contributed by atoms with E-state index < -0.39 is 0 Å². The van der Waals surface area contributed by atoms with Crippen molar-refractivity contribution in [2.24, 2.45) is 0 Å². The molecule has 0 saturated carbocycles. The lowest BCUT2D eigenvalue weighted by molar-refractivity contribution is -0.122. The molecule has 1 aliphatic heterocycles. The summed E-state index contributed by atoms with van der Waals surface area (Å²) in [5.74, 6) is 1.43. The Balaban J connectivity index is 1.19. The second-order valence-electron chi connectivity index (χ2n) is 7.13. The molecule has 3 aromatic rings. The fourth-order valence-corrected chi connectivity index (χ4v) is 4.09. The maximum absolute atomic E-state index is 12.2. The van der Waals surface area contributed by atoms with Gasteiger partial charge in [-0.25, -0.2) is 0 Å². The number of hydrogen-bond acceptors (Lipinski definition) is 6. The zero-order valence-electron chi connectivity index (χ0n) is 15.7. The molecule has 6 nitrogen and oxygen atoms in total. The molecule has 1 aliphatic rings. The first kappa shape index (κ1) is 18.8. The molecule has 0 radical (unpaired) electrons. The minimum absolute atomic E-state index is 0.139. The van der Waals surface area contributed by atoms with Crippen LogP contribution in [0.5, 0.6) is 0 Å². The molecule has 4 rings (SSSR count). The van der Waals surface area contributed by atoms with Crippen molar-refractivity contribution in [2.45, 2.75) is 38.3 Å². The second-order valence-corrected chi connectivity index (χ2v) is 7.91. The average molecular weight is 397 g/mol. The fourth-order valence-electron chi connectivity index (χ4n) is 3.46. The van der Waals surface area contributed by atoms with E-state index in [0.29, 0.717) is 24.7 Å². The first-order valence-corrected chi connectivity index (χ1v) is 10.6. The van der Waals surface area contributed by atoms with E-state index in [1.165, 1.54) is 5.56 Å². The van der Waals surface area contributed by atoms with Crippen LogP contribution in [0.3, 0.4) is 0 Å². The summed E-state index contributed by atoms with van der Waals surface area (Å²) < 4.78 is 5.39. The van der Waals surface area contributed by atoms with Gasteiger partial charge in [-0.15, -0.1) is 0 Å². The Kier molecular flexibility index (Phi) is 6.14. The SMILES string of the molecule is O=C(CCc1ccccc1)NC1CCN(Cc2nc(-c3ccsc3)no2)CC1. The van der Waals surface area contributed by atoms with Crippen molar-refractivity contribution in [3.8, 4) is 11.4 Å². The summed E-state index contributed by atoms with van der Waals surface area (Å²) >= 11 is 1.62. The summed E-state index contributed by atoms with van der Waals surface area (Å²) in [4.78, 5) is 19.0. The van der Waals surface area contributed by atoms with E-state index in [0.717, 1.165) is 37.9 Å². The van der Waals surface area contributed by atoms with E-state index in [2.05, 4.69) is 32.5 Å². The van der Waals surface area contributed by atoms with Gasteiger partial charge in [-0.05, 0) is 36.3 Å². The van der Waals surface area contributed by atoms with Crippen LogP contribution in [-0.4, -0.2) is 40.1 Å². The first-order chi connectivity index (χ1) is 13.8. The van der Waals surface area contributed by atoms with E-state index >= 15 is 0 Å². The number of benzene rings is 1. The maximum atomic E-state index is 12.2. The molecule has 1 saturated heterocycles. The Hall–Kier alpha value is -2.51. The Morgan fingerprint density at radius 3 is 2.79 bits per heavy atom. The minimum atomic E-state index is 0.139. The van der Waals surface area contributed by atoms with Crippen molar-refractivity contribution in [3.63, 3.8) is 0 Å². The van der Waals surface area contributed by atoms with Crippen LogP contribution >= 0.6 is 11.3 Å². The third-order valence-corrected chi connectivity index (χ3v) is 5.73. The average Bonchev–Trinajstić information content (AvgIpc) is 3.41. The maximum Gasteiger partial charge on any atom is 0.241 e. The highest BCUT2D eigenvalue weighted by Gasteiger charge is 2.22. The molecule has 28 heavy (non-hydrogen) atoms. The summed E-state index contributed by atoms with van der Waals surface area (Å²) in [6.45, 7) is 2.49. The number of likely N-dealkylation sites (tertiary alicyclic amines) is 1. The number of piperidine rings is 1. The fraction of sp³-hybridized carbons (Fsp3) is 0.381. The first-order valence-electron chi connectivity index (χ1n) is 9.67. The van der Waals surface area contributed by atoms with Gasteiger partial charge in [0.2, 0.25) is 17.6 Å². The quantitative estimate of drug-likeness (QED) is 0.662. The van der Waals surface area contributed by atoms with Crippen LogP contribution in [0.2, 0.25) is 0 Å². The summed E-state index contributed by atoms with van der Waals surface area (Å²) in [5.41, 5.74) is 2.20. The number of carbonyl (C=O) groups excluding carboxylic acids is 1. The number of nitrogens with zero attached hydrogens (tertiary/aromatic N) is 3. The lowest BCUT2D eigenvalue weighted by Crippen LogP contribution is -2.44. The molecular weight excluding hydrogens is 372 g/mol. The molecule has 0 bridgehead atoms. The van der Waals surface area contributed by atoms with Crippen LogP contribution in [0.15, 0.2) is 51.7 Å². The van der Waals surface area contributed by atoms with Crippen molar-refractivity contribution < 1.29 is 9.32 Å². The molecule has 3 heterocycles. The highest BCUT2D eigenvalue weighted by atomic mass is 32.1. The number of rotatable bonds is 7. The Labute approximate surface area is 168 Å². The molecule has 0 spiro atoms. The smallest absolute Gasteiger partial charge is 0.241 e. The Bertz CT molecular complexity index is 871. The molecule has 7 heteroatoms. The lowest BCUT2D eigenvalue weighted by Gasteiger charge is -2.31. The van der Waals surface area contributed by atoms with Crippen LogP contribution < -0.4 is 5.32 Å². The van der Waals surface area contributed by atoms with Crippen LogP contribution in [0.1, 0.15) is 30.7 Å².